The van der Waals surface area contributed by atoms with E-state index in [9.17, 15) is 9.18 Å². The molecule has 0 atom stereocenters. The highest BCUT2D eigenvalue weighted by molar-refractivity contribution is 5.94. The molecule has 1 aromatic rings. The summed E-state index contributed by atoms with van der Waals surface area (Å²) in [5.41, 5.74) is 0.486. The van der Waals surface area contributed by atoms with Crippen molar-refractivity contribution >= 4 is 5.91 Å². The second kappa shape index (κ2) is 7.21. The van der Waals surface area contributed by atoms with Crippen LogP contribution in [0.1, 0.15) is 28.8 Å². The Kier molecular flexibility index (Phi) is 5.32. The molecule has 1 aliphatic rings. The first kappa shape index (κ1) is 15.5. The highest BCUT2D eigenvalue weighted by Gasteiger charge is 2.25. The molecular weight excluding hydrogens is 271 g/mol. The van der Waals surface area contributed by atoms with E-state index in [-0.39, 0.29) is 12.2 Å². The zero-order valence-corrected chi connectivity index (χ0v) is 12.0. The van der Waals surface area contributed by atoms with Gasteiger partial charge in [-0.1, -0.05) is 11.8 Å². The fourth-order valence-corrected chi connectivity index (χ4v) is 2.06. The molecule has 21 heavy (non-hydrogen) atoms. The molecule has 5 heteroatoms. The van der Waals surface area contributed by atoms with Crippen LogP contribution in [0.15, 0.2) is 18.2 Å². The van der Waals surface area contributed by atoms with Crippen LogP contribution in [0.5, 0.6) is 0 Å². The molecule has 0 aliphatic heterocycles. The van der Waals surface area contributed by atoms with E-state index in [1.54, 1.807) is 0 Å². The van der Waals surface area contributed by atoms with Gasteiger partial charge in [-0.25, -0.2) is 4.39 Å². The van der Waals surface area contributed by atoms with Gasteiger partial charge in [-0.15, -0.1) is 0 Å². The molecule has 1 saturated carbocycles. The fourth-order valence-electron chi connectivity index (χ4n) is 2.06. The second-order valence-corrected chi connectivity index (χ2v) is 5.12. The molecule has 1 aliphatic carbocycles. The van der Waals surface area contributed by atoms with Gasteiger partial charge in [0.25, 0.3) is 5.91 Å². The highest BCUT2D eigenvalue weighted by Crippen LogP contribution is 2.24. The Hall–Kier alpha value is -1.90. The Morgan fingerprint density at radius 3 is 2.95 bits per heavy atom. The molecule has 1 amide bonds. The third kappa shape index (κ3) is 4.55. The van der Waals surface area contributed by atoms with E-state index in [1.807, 2.05) is 7.05 Å². The lowest BCUT2D eigenvalue weighted by Crippen LogP contribution is -2.34. The number of halogens is 1. The average Bonchev–Trinajstić information content (AvgIpc) is 3.30. The molecule has 1 fully saturated rings. The normalized spacial score (nSPS) is 13.7. The molecule has 2 N–H and O–H groups in total. The summed E-state index contributed by atoms with van der Waals surface area (Å²) in [6.07, 6.45) is 2.43. The fraction of sp³-hybridized carbons (Fsp3) is 0.438. The topological polar surface area (TPSA) is 52.6 Å². The third-order valence-electron chi connectivity index (χ3n) is 3.44. The van der Waals surface area contributed by atoms with E-state index in [1.165, 1.54) is 31.0 Å². The zero-order valence-electron chi connectivity index (χ0n) is 12.0. The van der Waals surface area contributed by atoms with Crippen molar-refractivity contribution in [2.24, 2.45) is 0 Å². The van der Waals surface area contributed by atoms with Crippen molar-refractivity contribution < 1.29 is 14.3 Å². The minimum atomic E-state index is -0.572. The first-order chi connectivity index (χ1) is 10.1. The predicted octanol–water partition coefficient (Wildman–Crippen LogP) is 0.993. The van der Waals surface area contributed by atoms with Crippen molar-refractivity contribution in [3.05, 3.63) is 35.1 Å². The molecule has 0 heterocycles. The Balaban J connectivity index is 1.93. The molecule has 1 aromatic carbocycles. The maximum absolute atomic E-state index is 13.7. The van der Waals surface area contributed by atoms with E-state index >= 15 is 0 Å². The smallest absolute Gasteiger partial charge is 0.254 e. The van der Waals surface area contributed by atoms with Crippen LogP contribution in [0, 0.1) is 17.7 Å². The minimum Gasteiger partial charge on any atom is -0.384 e. The third-order valence-corrected chi connectivity index (χ3v) is 3.44. The van der Waals surface area contributed by atoms with E-state index in [2.05, 4.69) is 22.1 Å². The Labute approximate surface area is 124 Å². The average molecular weight is 290 g/mol. The van der Waals surface area contributed by atoms with E-state index in [0.29, 0.717) is 18.2 Å². The molecule has 0 saturated heterocycles. The van der Waals surface area contributed by atoms with E-state index in [0.717, 1.165) is 6.54 Å². The summed E-state index contributed by atoms with van der Waals surface area (Å²) in [6, 6.07) is 4.73. The van der Waals surface area contributed by atoms with Crippen LogP contribution in [0.25, 0.3) is 0 Å². The van der Waals surface area contributed by atoms with Crippen molar-refractivity contribution in [2.75, 3.05) is 26.7 Å². The van der Waals surface area contributed by atoms with Crippen LogP contribution in [0.2, 0.25) is 0 Å². The molecule has 2 rings (SSSR count). The van der Waals surface area contributed by atoms with Gasteiger partial charge in [0, 0.05) is 24.7 Å². The minimum absolute atomic E-state index is 0.0196. The number of hydrogen-bond donors (Lipinski definition) is 2. The lowest BCUT2D eigenvalue weighted by molar-refractivity contribution is 0.0945. The SMILES string of the molecule is CN(CCNC(=O)c1cc(C#CCO)ccc1F)C1CC1. The Morgan fingerprint density at radius 2 is 2.29 bits per heavy atom. The molecule has 0 unspecified atom stereocenters. The summed E-state index contributed by atoms with van der Waals surface area (Å²) >= 11 is 0. The van der Waals surface area contributed by atoms with Crippen molar-refractivity contribution in [1.29, 1.82) is 0 Å². The first-order valence-corrected chi connectivity index (χ1v) is 6.99. The van der Waals surface area contributed by atoms with Crippen molar-refractivity contribution in [3.8, 4) is 11.8 Å². The van der Waals surface area contributed by atoms with Gasteiger partial charge in [0.05, 0.1) is 5.56 Å². The highest BCUT2D eigenvalue weighted by atomic mass is 19.1. The van der Waals surface area contributed by atoms with Gasteiger partial charge < -0.3 is 15.3 Å². The van der Waals surface area contributed by atoms with E-state index in [4.69, 9.17) is 5.11 Å². The number of likely N-dealkylation sites (N-methyl/N-ethyl adjacent to an activating group) is 1. The summed E-state index contributed by atoms with van der Waals surface area (Å²) in [5.74, 6) is 4.12. The van der Waals surface area contributed by atoms with Crippen molar-refractivity contribution in [2.45, 2.75) is 18.9 Å². The van der Waals surface area contributed by atoms with Gasteiger partial charge in [-0.3, -0.25) is 4.79 Å². The number of nitrogens with zero attached hydrogens (tertiary/aromatic N) is 1. The lowest BCUT2D eigenvalue weighted by atomic mass is 10.1. The Bertz CT molecular complexity index is 573. The van der Waals surface area contributed by atoms with E-state index < -0.39 is 11.7 Å². The molecule has 0 aromatic heterocycles. The maximum Gasteiger partial charge on any atom is 0.254 e. The number of amides is 1. The number of benzene rings is 1. The molecular formula is C16H19FN2O2. The molecule has 0 radical (unpaired) electrons. The quantitative estimate of drug-likeness (QED) is 0.795. The summed E-state index contributed by atoms with van der Waals surface area (Å²) in [5, 5.41) is 11.4. The van der Waals surface area contributed by atoms with Gasteiger partial charge in [0.2, 0.25) is 0 Å². The van der Waals surface area contributed by atoms with Crippen molar-refractivity contribution in [1.82, 2.24) is 10.2 Å². The summed E-state index contributed by atoms with van der Waals surface area (Å²) in [6.45, 7) is 0.965. The predicted molar refractivity (Wildman–Crippen MR) is 78.3 cm³/mol. The summed E-state index contributed by atoms with van der Waals surface area (Å²) in [4.78, 5) is 14.2. The largest absolute Gasteiger partial charge is 0.384 e. The molecule has 4 nitrogen and oxygen atoms in total. The van der Waals surface area contributed by atoms with Gasteiger partial charge >= 0.3 is 0 Å². The van der Waals surface area contributed by atoms with Crippen LogP contribution in [-0.4, -0.2) is 48.7 Å². The molecule has 0 bridgehead atoms. The van der Waals surface area contributed by atoms with Crippen LogP contribution in [-0.2, 0) is 0 Å². The number of aliphatic hydroxyl groups excluding tert-OH is 1. The van der Waals surface area contributed by atoms with Gasteiger partial charge in [0.15, 0.2) is 0 Å². The number of carbonyl (C=O) groups is 1. The first-order valence-electron chi connectivity index (χ1n) is 6.99. The van der Waals surface area contributed by atoms with Crippen LogP contribution < -0.4 is 5.32 Å². The number of rotatable bonds is 5. The number of carbonyl (C=O) groups excluding carboxylic acids is 1. The zero-order chi connectivity index (χ0) is 15.2. The van der Waals surface area contributed by atoms with Gasteiger partial charge in [0.1, 0.15) is 12.4 Å². The molecule has 0 spiro atoms. The number of hydrogen-bond acceptors (Lipinski definition) is 3. The standard InChI is InChI=1S/C16H19FN2O2/c1-19(13-5-6-13)9-8-18-16(21)14-11-12(3-2-10-20)4-7-15(14)17/h4,7,11,13,20H,5-6,8-10H2,1H3,(H,18,21). The number of nitrogens with one attached hydrogen (secondary N) is 1. The van der Waals surface area contributed by atoms with Crippen LogP contribution >= 0.6 is 0 Å². The van der Waals surface area contributed by atoms with Crippen LogP contribution in [0.3, 0.4) is 0 Å². The number of aliphatic hydroxyl groups is 1. The van der Waals surface area contributed by atoms with Crippen LogP contribution in [0.4, 0.5) is 4.39 Å². The summed E-state index contributed by atoms with van der Waals surface area (Å²) in [7, 11) is 2.02. The second-order valence-electron chi connectivity index (χ2n) is 5.12. The summed E-state index contributed by atoms with van der Waals surface area (Å²) < 4.78 is 13.7. The van der Waals surface area contributed by atoms with Crippen molar-refractivity contribution in [3.63, 3.8) is 0 Å². The lowest BCUT2D eigenvalue weighted by Gasteiger charge is -2.15. The van der Waals surface area contributed by atoms with Gasteiger partial charge in [-0.2, -0.15) is 0 Å². The maximum atomic E-state index is 13.7. The van der Waals surface area contributed by atoms with Gasteiger partial charge in [-0.05, 0) is 38.1 Å². The Morgan fingerprint density at radius 1 is 1.52 bits per heavy atom. The monoisotopic (exact) mass is 290 g/mol. The molecule has 112 valence electrons.